The summed E-state index contributed by atoms with van der Waals surface area (Å²) in [4.78, 5) is 15.1. The summed E-state index contributed by atoms with van der Waals surface area (Å²) in [5.41, 5.74) is 2.09. The molecule has 0 unspecified atom stereocenters. The average Bonchev–Trinajstić information content (AvgIpc) is 2.94. The quantitative estimate of drug-likeness (QED) is 0.702. The Labute approximate surface area is 123 Å². The van der Waals surface area contributed by atoms with Gasteiger partial charge in [0.2, 0.25) is 0 Å². The maximum absolute atomic E-state index is 12.1. The molecule has 6 heteroatoms. The second-order valence-corrected chi connectivity index (χ2v) is 5.73. The Bertz CT molecular complexity index is 734. The second kappa shape index (κ2) is 4.89. The zero-order chi connectivity index (χ0) is 13.4. The van der Waals surface area contributed by atoms with Crippen molar-refractivity contribution in [3.63, 3.8) is 0 Å². The molecule has 0 spiro atoms. The minimum absolute atomic E-state index is 0.207. The van der Waals surface area contributed by atoms with Crippen molar-refractivity contribution in [2.75, 3.05) is 5.32 Å². The molecule has 19 heavy (non-hydrogen) atoms. The molecule has 0 aliphatic heterocycles. The lowest BCUT2D eigenvalue weighted by Gasteiger charge is -2.04. The summed E-state index contributed by atoms with van der Waals surface area (Å²) in [6, 6.07) is 8.74. The predicted molar refractivity (Wildman–Crippen MR) is 80.6 cm³/mol. The molecular formula is C13H8Cl2N2OS. The van der Waals surface area contributed by atoms with Gasteiger partial charge in [0, 0.05) is 5.69 Å². The topological polar surface area (TPSA) is 44.9 Å². The lowest BCUT2D eigenvalue weighted by atomic mass is 10.3. The van der Waals surface area contributed by atoms with Crippen LogP contribution in [0.2, 0.25) is 10.0 Å². The molecule has 0 aliphatic carbocycles. The van der Waals surface area contributed by atoms with Gasteiger partial charge in [0.15, 0.2) is 0 Å². The molecule has 3 nitrogen and oxygen atoms in total. The summed E-state index contributed by atoms with van der Waals surface area (Å²) < 4.78 is 1.05. The van der Waals surface area contributed by atoms with Gasteiger partial charge in [0.05, 0.1) is 20.3 Å². The molecule has 0 saturated carbocycles. The van der Waals surface area contributed by atoms with Crippen LogP contribution in [-0.2, 0) is 0 Å². The Morgan fingerprint density at radius 3 is 2.74 bits per heavy atom. The minimum Gasteiger partial charge on any atom is -0.350 e. The van der Waals surface area contributed by atoms with Crippen LogP contribution in [0.1, 0.15) is 10.5 Å². The maximum Gasteiger partial charge on any atom is 0.272 e. The van der Waals surface area contributed by atoms with Crippen LogP contribution in [0.4, 0.5) is 5.69 Å². The van der Waals surface area contributed by atoms with Crippen LogP contribution >= 0.6 is 34.5 Å². The molecule has 3 rings (SSSR count). The van der Waals surface area contributed by atoms with Crippen LogP contribution in [0, 0.1) is 0 Å². The number of aromatic nitrogens is 1. The highest BCUT2D eigenvalue weighted by Gasteiger charge is 2.11. The van der Waals surface area contributed by atoms with Gasteiger partial charge >= 0.3 is 0 Å². The summed E-state index contributed by atoms with van der Waals surface area (Å²) in [7, 11) is 0. The van der Waals surface area contributed by atoms with Crippen molar-refractivity contribution in [3.8, 4) is 0 Å². The van der Waals surface area contributed by atoms with Crippen molar-refractivity contribution in [1.29, 1.82) is 0 Å². The van der Waals surface area contributed by atoms with E-state index in [0.29, 0.717) is 21.4 Å². The van der Waals surface area contributed by atoms with Crippen molar-refractivity contribution in [2.45, 2.75) is 0 Å². The fourth-order valence-electron chi connectivity index (χ4n) is 1.74. The van der Waals surface area contributed by atoms with Crippen molar-refractivity contribution >= 4 is 56.3 Å². The molecule has 3 aromatic rings. The first-order chi connectivity index (χ1) is 9.13. The number of halogens is 2. The van der Waals surface area contributed by atoms with E-state index in [0.717, 1.165) is 10.2 Å². The molecular weight excluding hydrogens is 303 g/mol. The summed E-state index contributed by atoms with van der Waals surface area (Å²) in [5.74, 6) is -0.207. The van der Waals surface area contributed by atoms with Crippen LogP contribution in [0.25, 0.3) is 10.2 Å². The van der Waals surface area contributed by atoms with Gasteiger partial charge in [-0.25, -0.2) is 0 Å². The third kappa shape index (κ3) is 2.47. The summed E-state index contributed by atoms with van der Waals surface area (Å²) >= 11 is 13.3. The van der Waals surface area contributed by atoms with E-state index >= 15 is 0 Å². The van der Waals surface area contributed by atoms with E-state index in [-0.39, 0.29) is 5.91 Å². The highest BCUT2D eigenvalue weighted by molar-refractivity contribution is 7.17. The number of rotatable bonds is 2. The van der Waals surface area contributed by atoms with Crippen LogP contribution < -0.4 is 5.32 Å². The Kier molecular flexibility index (Phi) is 3.22. The number of nitrogens with one attached hydrogen (secondary N) is 2. The average molecular weight is 311 g/mol. The fraction of sp³-hybridized carbons (Fsp3) is 0. The van der Waals surface area contributed by atoms with Crippen molar-refractivity contribution in [1.82, 2.24) is 4.98 Å². The Balaban J connectivity index is 1.84. The number of thiophene rings is 1. The lowest BCUT2D eigenvalue weighted by Crippen LogP contribution is -2.12. The number of fused-ring (bicyclic) bond motifs is 1. The number of H-pyrrole nitrogens is 1. The first-order valence-corrected chi connectivity index (χ1v) is 7.09. The highest BCUT2D eigenvalue weighted by atomic mass is 35.5. The molecule has 0 saturated heterocycles. The van der Waals surface area contributed by atoms with Gasteiger partial charge in [0.25, 0.3) is 5.91 Å². The minimum atomic E-state index is -0.207. The zero-order valence-electron chi connectivity index (χ0n) is 9.54. The molecule has 0 atom stereocenters. The largest absolute Gasteiger partial charge is 0.350 e. The third-order valence-corrected chi connectivity index (χ3v) is 4.26. The van der Waals surface area contributed by atoms with Crippen LogP contribution in [0.5, 0.6) is 0 Å². The SMILES string of the molecule is O=C(Nc1ccc(Cl)c(Cl)c1)c1cc2sccc2[nH]1. The molecule has 0 aliphatic rings. The van der Waals surface area contributed by atoms with Crippen molar-refractivity contribution in [2.24, 2.45) is 0 Å². The van der Waals surface area contributed by atoms with Gasteiger partial charge in [-0.3, -0.25) is 4.79 Å². The first kappa shape index (κ1) is 12.5. The number of hydrogen-bond acceptors (Lipinski definition) is 2. The maximum atomic E-state index is 12.1. The standard InChI is InChI=1S/C13H8Cl2N2OS/c14-8-2-1-7(5-9(8)15)16-13(18)11-6-12-10(17-11)3-4-19-12/h1-6,17H,(H,16,18). The van der Waals surface area contributed by atoms with E-state index in [1.807, 2.05) is 17.5 Å². The number of carbonyl (C=O) groups is 1. The van der Waals surface area contributed by atoms with Crippen LogP contribution in [0.3, 0.4) is 0 Å². The van der Waals surface area contributed by atoms with Crippen LogP contribution in [0.15, 0.2) is 35.7 Å². The van der Waals surface area contributed by atoms with E-state index in [1.165, 1.54) is 0 Å². The Morgan fingerprint density at radius 1 is 1.16 bits per heavy atom. The second-order valence-electron chi connectivity index (χ2n) is 3.96. The number of aromatic amines is 1. The van der Waals surface area contributed by atoms with Gasteiger partial charge in [-0.05, 0) is 35.7 Å². The number of benzene rings is 1. The van der Waals surface area contributed by atoms with Gasteiger partial charge in [-0.2, -0.15) is 0 Å². The van der Waals surface area contributed by atoms with E-state index in [1.54, 1.807) is 29.5 Å². The molecule has 0 radical (unpaired) electrons. The Morgan fingerprint density at radius 2 is 2.00 bits per heavy atom. The normalized spacial score (nSPS) is 10.8. The van der Waals surface area contributed by atoms with E-state index in [9.17, 15) is 4.79 Å². The van der Waals surface area contributed by atoms with E-state index in [2.05, 4.69) is 10.3 Å². The molecule has 0 fully saturated rings. The van der Waals surface area contributed by atoms with Gasteiger partial charge in [-0.1, -0.05) is 23.2 Å². The molecule has 2 N–H and O–H groups in total. The van der Waals surface area contributed by atoms with E-state index in [4.69, 9.17) is 23.2 Å². The zero-order valence-corrected chi connectivity index (χ0v) is 11.9. The number of hydrogen-bond donors (Lipinski definition) is 2. The van der Waals surface area contributed by atoms with Crippen molar-refractivity contribution in [3.05, 3.63) is 51.5 Å². The summed E-state index contributed by atoms with van der Waals surface area (Å²) in [6.07, 6.45) is 0. The van der Waals surface area contributed by atoms with Crippen molar-refractivity contribution < 1.29 is 4.79 Å². The lowest BCUT2D eigenvalue weighted by molar-refractivity contribution is 0.102. The molecule has 1 aromatic carbocycles. The third-order valence-electron chi connectivity index (χ3n) is 2.66. The predicted octanol–water partition coefficient (Wildman–Crippen LogP) is 4.79. The van der Waals surface area contributed by atoms with E-state index < -0.39 is 0 Å². The molecule has 0 bridgehead atoms. The Hall–Kier alpha value is -1.49. The molecule has 2 aromatic heterocycles. The van der Waals surface area contributed by atoms with Crippen LogP contribution in [-0.4, -0.2) is 10.9 Å². The number of anilines is 1. The fourth-order valence-corrected chi connectivity index (χ4v) is 2.82. The highest BCUT2D eigenvalue weighted by Crippen LogP contribution is 2.26. The smallest absolute Gasteiger partial charge is 0.272 e. The summed E-state index contributed by atoms with van der Waals surface area (Å²) in [5, 5.41) is 5.61. The molecule has 2 heterocycles. The van der Waals surface area contributed by atoms with Gasteiger partial charge in [-0.15, -0.1) is 11.3 Å². The number of amides is 1. The molecule has 96 valence electrons. The van der Waals surface area contributed by atoms with Gasteiger partial charge < -0.3 is 10.3 Å². The molecule has 1 amide bonds. The first-order valence-electron chi connectivity index (χ1n) is 5.46. The number of carbonyl (C=O) groups excluding carboxylic acids is 1. The monoisotopic (exact) mass is 310 g/mol. The van der Waals surface area contributed by atoms with Gasteiger partial charge in [0.1, 0.15) is 5.69 Å². The summed E-state index contributed by atoms with van der Waals surface area (Å²) in [6.45, 7) is 0.